The Morgan fingerprint density at radius 1 is 0.947 bits per heavy atom. The minimum atomic E-state index is -1.09. The van der Waals surface area contributed by atoms with Gasteiger partial charge in [0.05, 0.1) is 17.9 Å². The number of carboxylic acid groups (broad SMARTS) is 1. The summed E-state index contributed by atoms with van der Waals surface area (Å²) in [6, 6.07) is 16.5. The van der Waals surface area contributed by atoms with Gasteiger partial charge >= 0.3 is 6.09 Å². The summed E-state index contributed by atoms with van der Waals surface area (Å²) < 4.78 is 0. The van der Waals surface area contributed by atoms with E-state index in [0.717, 1.165) is 11.3 Å². The lowest BCUT2D eigenvalue weighted by Gasteiger charge is -2.00. The first-order valence-electron chi connectivity index (χ1n) is 5.63. The second-order valence-corrected chi connectivity index (χ2v) is 3.72. The lowest BCUT2D eigenvalue weighted by molar-refractivity contribution is 0.197. The van der Waals surface area contributed by atoms with Crippen molar-refractivity contribution < 1.29 is 9.90 Å². The van der Waals surface area contributed by atoms with Crippen molar-refractivity contribution in [3.63, 3.8) is 0 Å². The Bertz CT molecular complexity index is 565. The molecule has 19 heavy (non-hydrogen) atoms. The largest absolute Gasteiger partial charge is 0.465 e. The first kappa shape index (κ1) is 12.8. The molecule has 0 bridgehead atoms. The van der Waals surface area contributed by atoms with Gasteiger partial charge in [-0.3, -0.25) is 0 Å². The molecule has 2 rings (SSSR count). The van der Waals surface area contributed by atoms with Crippen LogP contribution in [0.2, 0.25) is 0 Å². The van der Waals surface area contributed by atoms with Gasteiger partial charge in [-0.15, -0.1) is 0 Å². The molecule has 5 nitrogen and oxygen atoms in total. The summed E-state index contributed by atoms with van der Waals surface area (Å²) >= 11 is 0. The molecule has 0 heterocycles. The molecule has 95 valence electrons. The van der Waals surface area contributed by atoms with Gasteiger partial charge in [0.2, 0.25) is 0 Å². The van der Waals surface area contributed by atoms with Crippen LogP contribution in [0.25, 0.3) is 0 Å². The van der Waals surface area contributed by atoms with E-state index in [1.165, 1.54) is 6.54 Å². The predicted molar refractivity (Wildman–Crippen MR) is 71.6 cm³/mol. The fourth-order valence-corrected chi connectivity index (χ4v) is 1.39. The Kier molecular flexibility index (Phi) is 4.23. The highest BCUT2D eigenvalue weighted by Gasteiger charge is 1.97. The van der Waals surface area contributed by atoms with E-state index in [4.69, 9.17) is 5.11 Å². The van der Waals surface area contributed by atoms with Crippen molar-refractivity contribution in [1.82, 2.24) is 5.32 Å². The molecule has 0 unspecified atom stereocenters. The zero-order valence-electron chi connectivity index (χ0n) is 10.0. The summed E-state index contributed by atoms with van der Waals surface area (Å²) in [4.78, 5) is 10.3. The molecule has 2 aromatic rings. The van der Waals surface area contributed by atoms with Crippen LogP contribution >= 0.6 is 0 Å². The minimum Gasteiger partial charge on any atom is -0.465 e. The van der Waals surface area contributed by atoms with Gasteiger partial charge in [-0.25, -0.2) is 4.79 Å². The molecule has 0 saturated heterocycles. The van der Waals surface area contributed by atoms with Crippen molar-refractivity contribution in [3.8, 4) is 0 Å². The first-order valence-corrected chi connectivity index (χ1v) is 5.63. The second kappa shape index (κ2) is 6.30. The van der Waals surface area contributed by atoms with Crippen molar-refractivity contribution >= 4 is 17.5 Å². The molecule has 0 aliphatic carbocycles. The predicted octanol–water partition coefficient (Wildman–Crippen LogP) is 3.88. The number of nitrogens with zero attached hydrogens (tertiary/aromatic N) is 2. The molecule has 2 N–H and O–H groups in total. The molecule has 0 spiro atoms. The lowest BCUT2D eigenvalue weighted by atomic mass is 10.2. The molecule has 0 atom stereocenters. The molecule has 1 radical (unpaired) electrons. The maximum atomic E-state index is 10.3. The third-order valence-corrected chi connectivity index (χ3v) is 2.29. The van der Waals surface area contributed by atoms with Crippen molar-refractivity contribution in [1.29, 1.82) is 0 Å². The van der Waals surface area contributed by atoms with E-state index >= 15 is 0 Å². The highest BCUT2D eigenvalue weighted by atomic mass is 16.4. The third kappa shape index (κ3) is 4.23. The number of rotatable bonds is 4. The smallest absolute Gasteiger partial charge is 0.405 e. The van der Waals surface area contributed by atoms with Gasteiger partial charge in [0.25, 0.3) is 0 Å². The highest BCUT2D eigenvalue weighted by molar-refractivity contribution is 5.66. The maximum Gasteiger partial charge on any atom is 0.405 e. The number of hydrogen-bond acceptors (Lipinski definition) is 3. The Labute approximate surface area is 110 Å². The zero-order valence-corrected chi connectivity index (χ0v) is 10.0. The number of benzene rings is 2. The van der Waals surface area contributed by atoms with E-state index in [1.807, 2.05) is 30.3 Å². The van der Waals surface area contributed by atoms with E-state index in [2.05, 4.69) is 15.5 Å². The molecule has 0 saturated carbocycles. The topological polar surface area (TPSA) is 74.0 Å². The van der Waals surface area contributed by atoms with E-state index < -0.39 is 6.09 Å². The van der Waals surface area contributed by atoms with Gasteiger partial charge in [0, 0.05) is 0 Å². The summed E-state index contributed by atoms with van der Waals surface area (Å²) in [7, 11) is 0. The molecule has 1 amide bonds. The molecule has 5 heteroatoms. The van der Waals surface area contributed by atoms with Crippen LogP contribution in [0.5, 0.6) is 0 Å². The van der Waals surface area contributed by atoms with Crippen LogP contribution in [0.1, 0.15) is 5.56 Å². The highest BCUT2D eigenvalue weighted by Crippen LogP contribution is 2.18. The first-order chi connectivity index (χ1) is 9.24. The monoisotopic (exact) mass is 254 g/mol. The van der Waals surface area contributed by atoms with Gasteiger partial charge in [-0.2, -0.15) is 10.2 Å². The minimum absolute atomic E-state index is 0.705. The number of carbonyl (C=O) groups is 1. The molecule has 0 fully saturated rings. The summed E-state index contributed by atoms with van der Waals surface area (Å²) in [5, 5.41) is 18.8. The summed E-state index contributed by atoms with van der Waals surface area (Å²) in [5.74, 6) is 0. The number of hydrogen-bond donors (Lipinski definition) is 2. The Morgan fingerprint density at radius 2 is 1.53 bits per heavy atom. The van der Waals surface area contributed by atoms with Crippen LogP contribution in [-0.4, -0.2) is 11.2 Å². The fraction of sp³-hybridized carbons (Fsp3) is 0. The molecular formula is C14H12N3O2. The van der Waals surface area contributed by atoms with E-state index in [9.17, 15) is 4.79 Å². The van der Waals surface area contributed by atoms with Crippen LogP contribution in [0, 0.1) is 6.54 Å². The summed E-state index contributed by atoms with van der Waals surface area (Å²) in [6.45, 7) is 1.40. The molecule has 2 aromatic carbocycles. The van der Waals surface area contributed by atoms with Gasteiger partial charge in [0.15, 0.2) is 0 Å². The van der Waals surface area contributed by atoms with Gasteiger partial charge in [-0.1, -0.05) is 30.3 Å². The average molecular weight is 254 g/mol. The van der Waals surface area contributed by atoms with Gasteiger partial charge in [-0.05, 0) is 29.8 Å². The Balaban J connectivity index is 1.99. The van der Waals surface area contributed by atoms with E-state index in [-0.39, 0.29) is 0 Å². The van der Waals surface area contributed by atoms with E-state index in [0.29, 0.717) is 5.69 Å². The molecular weight excluding hydrogens is 242 g/mol. The lowest BCUT2D eigenvalue weighted by Crippen LogP contribution is -2.17. The number of nitrogens with one attached hydrogen (secondary N) is 1. The van der Waals surface area contributed by atoms with Crippen molar-refractivity contribution in [2.24, 2.45) is 10.2 Å². The van der Waals surface area contributed by atoms with Gasteiger partial charge in [0.1, 0.15) is 0 Å². The normalized spacial score (nSPS) is 10.5. The van der Waals surface area contributed by atoms with Crippen molar-refractivity contribution in [3.05, 3.63) is 66.7 Å². The second-order valence-electron chi connectivity index (χ2n) is 3.72. The van der Waals surface area contributed by atoms with Crippen LogP contribution in [0.15, 0.2) is 64.8 Å². The maximum absolute atomic E-state index is 10.3. The standard InChI is InChI=1S/C14H12N3O2/c18-14(19)15-10-11-6-8-13(9-7-11)17-16-12-4-2-1-3-5-12/h1-10,15H,(H,18,19). The fourth-order valence-electron chi connectivity index (χ4n) is 1.39. The van der Waals surface area contributed by atoms with Crippen LogP contribution in [0.3, 0.4) is 0 Å². The van der Waals surface area contributed by atoms with E-state index in [1.54, 1.807) is 24.3 Å². The summed E-state index contributed by atoms with van der Waals surface area (Å²) in [6.07, 6.45) is -1.09. The molecule has 0 aromatic heterocycles. The van der Waals surface area contributed by atoms with Crippen molar-refractivity contribution in [2.75, 3.05) is 0 Å². The Morgan fingerprint density at radius 3 is 2.11 bits per heavy atom. The quantitative estimate of drug-likeness (QED) is 0.812. The van der Waals surface area contributed by atoms with Crippen LogP contribution in [-0.2, 0) is 0 Å². The SMILES string of the molecule is O=C(O)N[CH]c1ccc(N=Nc2ccccc2)cc1. The number of amides is 1. The van der Waals surface area contributed by atoms with Crippen molar-refractivity contribution in [2.45, 2.75) is 0 Å². The molecule has 0 aliphatic rings. The molecule has 0 aliphatic heterocycles. The van der Waals surface area contributed by atoms with Crippen LogP contribution < -0.4 is 5.32 Å². The van der Waals surface area contributed by atoms with Gasteiger partial charge < -0.3 is 10.4 Å². The average Bonchev–Trinajstić information content (AvgIpc) is 2.45. The third-order valence-electron chi connectivity index (χ3n) is 2.29. The summed E-state index contributed by atoms with van der Waals surface area (Å²) in [5.41, 5.74) is 2.24. The number of azo groups is 1. The van der Waals surface area contributed by atoms with Crippen LogP contribution in [0.4, 0.5) is 16.2 Å². The Hall–Kier alpha value is -2.69. The zero-order chi connectivity index (χ0) is 13.5.